The minimum Gasteiger partial charge on any atom is -0.465 e. The van der Waals surface area contributed by atoms with Crippen LogP contribution in [0.2, 0.25) is 0 Å². The van der Waals surface area contributed by atoms with Gasteiger partial charge in [0.25, 0.3) is 0 Å². The van der Waals surface area contributed by atoms with Crippen molar-refractivity contribution in [3.63, 3.8) is 0 Å². The Morgan fingerprint density at radius 2 is 1.92 bits per heavy atom. The molecule has 1 aromatic heterocycles. The van der Waals surface area contributed by atoms with Gasteiger partial charge in [-0.2, -0.15) is 0 Å². The number of carbonyl (C=O) groups excluding carboxylic acids is 1. The molecule has 130 valence electrons. The highest BCUT2D eigenvalue weighted by atomic mass is 32.2. The number of esters is 1. The Morgan fingerprint density at radius 1 is 1.12 bits per heavy atom. The molecule has 0 amide bonds. The van der Waals surface area contributed by atoms with Gasteiger partial charge in [0.05, 0.1) is 0 Å². The number of hydrogen-bond acceptors (Lipinski definition) is 3. The van der Waals surface area contributed by atoms with Crippen LogP contribution in [0.4, 0.5) is 4.39 Å². The number of halogens is 1. The maximum absolute atomic E-state index is 13.5. The van der Waals surface area contributed by atoms with Crippen molar-refractivity contribution >= 4 is 28.6 Å². The van der Waals surface area contributed by atoms with Crippen molar-refractivity contribution in [3.8, 4) is 0 Å². The molecule has 0 atom stereocenters. The Morgan fingerprint density at radius 3 is 2.80 bits per heavy atom. The lowest BCUT2D eigenvalue weighted by atomic mass is 10.1. The van der Waals surface area contributed by atoms with Gasteiger partial charge in [-0.15, -0.1) is 11.8 Å². The number of nitrogens with one attached hydrogen (secondary N) is 1. The van der Waals surface area contributed by atoms with Crippen LogP contribution in [0.5, 0.6) is 0 Å². The largest absolute Gasteiger partial charge is 0.465 e. The summed E-state index contributed by atoms with van der Waals surface area (Å²) < 4.78 is 18.7. The number of carbonyl (C=O) groups is 1. The Labute approximate surface area is 150 Å². The van der Waals surface area contributed by atoms with E-state index in [0.29, 0.717) is 23.7 Å². The number of rotatable bonds is 8. The second-order valence-corrected chi connectivity index (χ2v) is 6.85. The number of aryl methyl sites for hydroxylation is 1. The Kier molecular flexibility index (Phi) is 6.12. The van der Waals surface area contributed by atoms with E-state index in [1.54, 1.807) is 18.2 Å². The molecule has 0 bridgehead atoms. The zero-order valence-electron chi connectivity index (χ0n) is 13.8. The Bertz CT molecular complexity index is 846. The fourth-order valence-corrected chi connectivity index (χ4v) is 3.47. The predicted octanol–water partition coefficient (Wildman–Crippen LogP) is 4.97. The number of H-pyrrole nitrogens is 1. The number of thioether (sulfide) groups is 1. The van der Waals surface area contributed by atoms with Crippen molar-refractivity contribution in [3.05, 3.63) is 66.1 Å². The van der Waals surface area contributed by atoms with Crippen LogP contribution in [0.1, 0.15) is 18.4 Å². The van der Waals surface area contributed by atoms with Crippen LogP contribution in [0.3, 0.4) is 0 Å². The molecule has 0 saturated carbocycles. The first kappa shape index (κ1) is 17.5. The summed E-state index contributed by atoms with van der Waals surface area (Å²) >= 11 is 1.36. The van der Waals surface area contributed by atoms with E-state index in [-0.39, 0.29) is 11.8 Å². The first-order chi connectivity index (χ1) is 12.2. The fourth-order valence-electron chi connectivity index (χ4n) is 2.70. The summed E-state index contributed by atoms with van der Waals surface area (Å²) in [6.07, 6.45) is 3.98. The van der Waals surface area contributed by atoms with E-state index in [4.69, 9.17) is 4.74 Å². The third kappa shape index (κ3) is 4.86. The molecule has 1 N–H and O–H groups in total. The topological polar surface area (TPSA) is 42.1 Å². The number of ether oxygens (including phenoxy) is 1. The SMILES string of the molecule is O=C(CCCc1c[nH]c2ccccc12)OCCSc1ccccc1F. The van der Waals surface area contributed by atoms with Crippen LogP contribution < -0.4 is 0 Å². The summed E-state index contributed by atoms with van der Waals surface area (Å²) in [7, 11) is 0. The first-order valence-electron chi connectivity index (χ1n) is 8.32. The molecular weight excluding hydrogens is 337 g/mol. The van der Waals surface area contributed by atoms with E-state index in [9.17, 15) is 9.18 Å². The monoisotopic (exact) mass is 357 g/mol. The summed E-state index contributed by atoms with van der Waals surface area (Å²) in [4.78, 5) is 15.6. The average molecular weight is 357 g/mol. The molecule has 0 saturated heterocycles. The molecule has 3 aromatic rings. The minimum atomic E-state index is -0.238. The maximum atomic E-state index is 13.5. The normalized spacial score (nSPS) is 10.9. The molecule has 0 unspecified atom stereocenters. The van der Waals surface area contributed by atoms with Crippen molar-refractivity contribution in [1.82, 2.24) is 4.98 Å². The van der Waals surface area contributed by atoms with Gasteiger partial charge in [0.1, 0.15) is 12.4 Å². The van der Waals surface area contributed by atoms with Crippen LogP contribution in [0.15, 0.2) is 59.6 Å². The van der Waals surface area contributed by atoms with Crippen molar-refractivity contribution in [1.29, 1.82) is 0 Å². The zero-order valence-corrected chi connectivity index (χ0v) is 14.7. The standard InChI is InChI=1S/C20H20FNO2S/c21-17-8-2-4-10-19(17)25-13-12-24-20(23)11-5-6-15-14-22-18-9-3-1-7-16(15)18/h1-4,7-10,14,22H,5-6,11-13H2. The van der Waals surface area contributed by atoms with E-state index in [1.165, 1.54) is 28.8 Å². The van der Waals surface area contributed by atoms with Gasteiger partial charge in [0.2, 0.25) is 0 Å². The van der Waals surface area contributed by atoms with Crippen LogP contribution in [0.25, 0.3) is 10.9 Å². The summed E-state index contributed by atoms with van der Waals surface area (Å²) in [5.41, 5.74) is 2.34. The number of benzene rings is 2. The Hall–Kier alpha value is -2.27. The van der Waals surface area contributed by atoms with Gasteiger partial charge >= 0.3 is 5.97 Å². The number of fused-ring (bicyclic) bond motifs is 1. The smallest absolute Gasteiger partial charge is 0.305 e. The fraction of sp³-hybridized carbons (Fsp3) is 0.250. The lowest BCUT2D eigenvalue weighted by Gasteiger charge is -2.05. The molecule has 0 aliphatic heterocycles. The van der Waals surface area contributed by atoms with Crippen LogP contribution in [-0.2, 0) is 16.0 Å². The predicted molar refractivity (Wildman–Crippen MR) is 99.3 cm³/mol. The molecule has 0 aliphatic carbocycles. The van der Waals surface area contributed by atoms with Crippen LogP contribution in [0, 0.1) is 5.82 Å². The second kappa shape index (κ2) is 8.72. The van der Waals surface area contributed by atoms with Crippen molar-refractivity contribution in [2.45, 2.75) is 24.2 Å². The van der Waals surface area contributed by atoms with Gasteiger partial charge in [0.15, 0.2) is 0 Å². The van der Waals surface area contributed by atoms with E-state index in [2.05, 4.69) is 11.1 Å². The minimum absolute atomic E-state index is 0.200. The van der Waals surface area contributed by atoms with Crippen molar-refractivity contribution < 1.29 is 13.9 Å². The van der Waals surface area contributed by atoms with Crippen molar-refractivity contribution in [2.75, 3.05) is 12.4 Å². The van der Waals surface area contributed by atoms with Crippen molar-refractivity contribution in [2.24, 2.45) is 0 Å². The first-order valence-corrected chi connectivity index (χ1v) is 9.30. The molecule has 0 aliphatic rings. The molecule has 0 radical (unpaired) electrons. The van der Waals surface area contributed by atoms with Gasteiger partial charge in [-0.1, -0.05) is 30.3 Å². The van der Waals surface area contributed by atoms with Crippen LogP contribution in [-0.4, -0.2) is 23.3 Å². The molecule has 3 rings (SSSR count). The molecular formula is C20H20FNO2S. The van der Waals surface area contributed by atoms with Gasteiger partial charge in [-0.05, 0) is 36.6 Å². The molecule has 3 nitrogen and oxygen atoms in total. The summed E-state index contributed by atoms with van der Waals surface area (Å²) in [5, 5.41) is 1.21. The number of hydrogen-bond donors (Lipinski definition) is 1. The quantitative estimate of drug-likeness (QED) is 0.352. The molecule has 2 aromatic carbocycles. The third-order valence-electron chi connectivity index (χ3n) is 3.94. The molecule has 25 heavy (non-hydrogen) atoms. The highest BCUT2D eigenvalue weighted by Gasteiger charge is 2.07. The van der Waals surface area contributed by atoms with E-state index < -0.39 is 0 Å². The summed E-state index contributed by atoms with van der Waals surface area (Å²) in [6.45, 7) is 0.297. The van der Waals surface area contributed by atoms with Crippen LogP contribution >= 0.6 is 11.8 Å². The van der Waals surface area contributed by atoms with Gasteiger partial charge < -0.3 is 9.72 Å². The summed E-state index contributed by atoms with van der Waals surface area (Å²) in [6, 6.07) is 14.7. The third-order valence-corrected chi connectivity index (χ3v) is 4.96. The van der Waals surface area contributed by atoms with Gasteiger partial charge in [-0.25, -0.2) is 4.39 Å². The molecule has 1 heterocycles. The number of aromatic nitrogens is 1. The zero-order chi connectivity index (χ0) is 17.5. The lowest BCUT2D eigenvalue weighted by molar-refractivity contribution is -0.143. The van der Waals surface area contributed by atoms with E-state index >= 15 is 0 Å². The average Bonchev–Trinajstić information content (AvgIpc) is 3.03. The summed E-state index contributed by atoms with van der Waals surface area (Å²) in [5.74, 6) is 0.112. The van der Waals surface area contributed by atoms with E-state index in [0.717, 1.165) is 18.4 Å². The lowest BCUT2D eigenvalue weighted by Crippen LogP contribution is -2.07. The van der Waals surface area contributed by atoms with E-state index in [1.807, 2.05) is 24.4 Å². The highest BCUT2D eigenvalue weighted by Crippen LogP contribution is 2.21. The molecule has 5 heteroatoms. The second-order valence-electron chi connectivity index (χ2n) is 5.71. The number of para-hydroxylation sites is 1. The van der Waals surface area contributed by atoms with Gasteiger partial charge in [0, 0.05) is 34.2 Å². The maximum Gasteiger partial charge on any atom is 0.305 e. The highest BCUT2D eigenvalue weighted by molar-refractivity contribution is 7.99. The molecule has 0 fully saturated rings. The van der Waals surface area contributed by atoms with Gasteiger partial charge in [-0.3, -0.25) is 4.79 Å². The number of aromatic amines is 1. The molecule has 0 spiro atoms. The Balaban J connectivity index is 1.35.